The highest BCUT2D eigenvalue weighted by Gasteiger charge is 2.18. The molecule has 1 atom stereocenters. The van der Waals surface area contributed by atoms with Crippen LogP contribution in [0.3, 0.4) is 0 Å². The second-order valence-electron chi connectivity index (χ2n) is 5.83. The van der Waals surface area contributed by atoms with Gasteiger partial charge in [0.1, 0.15) is 0 Å². The highest BCUT2D eigenvalue weighted by atomic mass is 32.2. The molecule has 0 bridgehead atoms. The second kappa shape index (κ2) is 7.22. The Kier molecular flexibility index (Phi) is 4.61. The number of rotatable bonds is 4. The van der Waals surface area contributed by atoms with Crippen molar-refractivity contribution in [2.75, 3.05) is 5.73 Å². The van der Waals surface area contributed by atoms with Crippen LogP contribution in [0.4, 0.5) is 5.82 Å². The van der Waals surface area contributed by atoms with Gasteiger partial charge in [0.05, 0.1) is 11.9 Å². The number of anilines is 1. The maximum absolute atomic E-state index is 11.0. The summed E-state index contributed by atoms with van der Waals surface area (Å²) in [4.78, 5) is 13.2. The van der Waals surface area contributed by atoms with Crippen LogP contribution in [-0.4, -0.2) is 28.9 Å². The number of hydrogen-bond acceptors (Lipinski definition) is 8. The van der Waals surface area contributed by atoms with E-state index in [0.29, 0.717) is 22.8 Å². The number of nitrogens with zero attached hydrogens (tertiary/aromatic N) is 4. The molecule has 1 aromatic carbocycles. The topological polar surface area (TPSA) is 131 Å². The Morgan fingerprint density at radius 2 is 2.00 bits per heavy atom. The first-order valence-corrected chi connectivity index (χ1v) is 9.21. The third-order valence-electron chi connectivity index (χ3n) is 4.07. The van der Waals surface area contributed by atoms with E-state index in [9.17, 15) is 8.76 Å². The molecule has 2 N–H and O–H groups in total. The van der Waals surface area contributed by atoms with E-state index in [1.807, 2.05) is 12.2 Å². The maximum atomic E-state index is 11.0. The number of benzene rings is 1. The largest absolute Gasteiger partial charge is 0.768 e. The average molecular weight is 380 g/mol. The van der Waals surface area contributed by atoms with Gasteiger partial charge >= 0.3 is 0 Å². The van der Waals surface area contributed by atoms with E-state index in [1.165, 1.54) is 18.3 Å². The van der Waals surface area contributed by atoms with Gasteiger partial charge in [-0.2, -0.15) is 4.98 Å². The van der Waals surface area contributed by atoms with Crippen LogP contribution in [0.1, 0.15) is 18.7 Å². The van der Waals surface area contributed by atoms with Crippen LogP contribution in [-0.2, 0) is 11.1 Å². The predicted octanol–water partition coefficient (Wildman–Crippen LogP) is 2.75. The monoisotopic (exact) mass is 380 g/mol. The zero-order chi connectivity index (χ0) is 18.8. The quantitative estimate of drug-likeness (QED) is 0.684. The Morgan fingerprint density at radius 3 is 2.70 bits per heavy atom. The molecule has 2 heterocycles. The molecule has 27 heavy (non-hydrogen) atoms. The summed E-state index contributed by atoms with van der Waals surface area (Å²) < 4.78 is 27.3. The summed E-state index contributed by atoms with van der Waals surface area (Å²) in [5.74, 6) is 0.869. The van der Waals surface area contributed by atoms with E-state index in [2.05, 4.69) is 26.2 Å². The lowest BCUT2D eigenvalue weighted by Crippen LogP contribution is -2.00. The number of nitrogen functional groups attached to an aromatic ring is 1. The van der Waals surface area contributed by atoms with Crippen LogP contribution < -0.4 is 5.73 Å². The first-order chi connectivity index (χ1) is 13.1. The van der Waals surface area contributed by atoms with Gasteiger partial charge in [-0.1, -0.05) is 35.5 Å². The molecule has 0 spiro atoms. The molecule has 0 saturated heterocycles. The molecular weight excluding hydrogens is 366 g/mol. The van der Waals surface area contributed by atoms with Crippen molar-refractivity contribution in [1.82, 2.24) is 20.1 Å². The smallest absolute Gasteiger partial charge is 0.254 e. The summed E-state index contributed by atoms with van der Waals surface area (Å²) in [6.07, 6.45) is 9.22. The van der Waals surface area contributed by atoms with Gasteiger partial charge in [-0.3, -0.25) is 4.21 Å². The molecule has 136 valence electrons. The molecule has 0 amide bonds. The first-order valence-electron chi connectivity index (χ1n) is 8.14. The summed E-state index contributed by atoms with van der Waals surface area (Å²) in [5.41, 5.74) is 8.44. The summed E-state index contributed by atoms with van der Waals surface area (Å²) in [6, 6.07) is 6.28. The van der Waals surface area contributed by atoms with E-state index in [4.69, 9.17) is 10.3 Å². The fourth-order valence-electron chi connectivity index (χ4n) is 2.67. The molecule has 1 aliphatic rings. The van der Waals surface area contributed by atoms with Gasteiger partial charge in [-0.15, -0.1) is 0 Å². The third-order valence-corrected chi connectivity index (χ3v) is 4.73. The molecule has 1 unspecified atom stereocenters. The van der Waals surface area contributed by atoms with Gasteiger partial charge in [0, 0.05) is 16.0 Å². The zero-order valence-corrected chi connectivity index (χ0v) is 14.8. The molecule has 1 aliphatic carbocycles. The Bertz CT molecular complexity index is 1070. The minimum Gasteiger partial charge on any atom is -0.768 e. The standard InChI is InChI=1S/C18H15N5O3S/c19-16-15(17-22-18(26-23-17)12-4-2-1-3-5-12)21-14(10-20-16)11-6-8-13(9-7-11)27(24)25/h1-2,4,6-10H,3,5H2,(H2,19,20)(H,24,25)/p-1. The summed E-state index contributed by atoms with van der Waals surface area (Å²) in [7, 11) is 0. The molecule has 0 saturated carbocycles. The van der Waals surface area contributed by atoms with Crippen molar-refractivity contribution in [3.8, 4) is 22.8 Å². The van der Waals surface area contributed by atoms with E-state index < -0.39 is 11.1 Å². The summed E-state index contributed by atoms with van der Waals surface area (Å²) in [6.45, 7) is 0. The van der Waals surface area contributed by atoms with Gasteiger partial charge in [0.15, 0.2) is 11.5 Å². The maximum Gasteiger partial charge on any atom is 0.254 e. The van der Waals surface area contributed by atoms with Crippen LogP contribution >= 0.6 is 0 Å². The van der Waals surface area contributed by atoms with Crippen LogP contribution in [0.2, 0.25) is 0 Å². The minimum absolute atomic E-state index is 0.181. The van der Waals surface area contributed by atoms with Crippen LogP contribution in [0.25, 0.3) is 28.3 Å². The molecule has 8 nitrogen and oxygen atoms in total. The summed E-state index contributed by atoms with van der Waals surface area (Å²) >= 11 is -2.28. The molecule has 4 rings (SSSR count). The molecule has 0 radical (unpaired) electrons. The zero-order valence-electron chi connectivity index (χ0n) is 14.0. The fourth-order valence-corrected chi connectivity index (χ4v) is 3.03. The molecule has 3 aromatic rings. The van der Waals surface area contributed by atoms with Gasteiger partial charge in [-0.25, -0.2) is 9.97 Å². The molecule has 2 aromatic heterocycles. The highest BCUT2D eigenvalue weighted by molar-refractivity contribution is 7.79. The minimum atomic E-state index is -2.28. The van der Waals surface area contributed by atoms with Gasteiger partial charge in [-0.05, 0) is 36.1 Å². The Morgan fingerprint density at radius 1 is 1.19 bits per heavy atom. The van der Waals surface area contributed by atoms with Crippen molar-refractivity contribution in [2.45, 2.75) is 17.7 Å². The molecule has 0 fully saturated rings. The van der Waals surface area contributed by atoms with Crippen molar-refractivity contribution in [1.29, 1.82) is 0 Å². The second-order valence-corrected chi connectivity index (χ2v) is 6.77. The summed E-state index contributed by atoms with van der Waals surface area (Å²) in [5, 5.41) is 3.98. The lowest BCUT2D eigenvalue weighted by molar-refractivity contribution is 0.406. The lowest BCUT2D eigenvalue weighted by atomic mass is 10.1. The van der Waals surface area contributed by atoms with E-state index in [-0.39, 0.29) is 16.5 Å². The van der Waals surface area contributed by atoms with Crippen molar-refractivity contribution in [2.24, 2.45) is 0 Å². The van der Waals surface area contributed by atoms with Gasteiger partial charge in [0.25, 0.3) is 5.89 Å². The normalized spacial score (nSPS) is 14.8. The van der Waals surface area contributed by atoms with Crippen molar-refractivity contribution < 1.29 is 13.3 Å². The number of nitrogens with two attached hydrogens (primary N) is 1. The van der Waals surface area contributed by atoms with E-state index >= 15 is 0 Å². The Labute approximate surface area is 157 Å². The van der Waals surface area contributed by atoms with Crippen molar-refractivity contribution >= 4 is 22.5 Å². The van der Waals surface area contributed by atoms with Gasteiger partial charge < -0.3 is 14.8 Å². The fraction of sp³-hybridized carbons (Fsp3) is 0.111. The Balaban J connectivity index is 1.69. The van der Waals surface area contributed by atoms with Crippen LogP contribution in [0.15, 0.2) is 58.1 Å². The SMILES string of the molecule is Nc1ncc(-c2ccc(S(=O)[O-])cc2)nc1-c1noc(C2=CC=CCC2)n1. The van der Waals surface area contributed by atoms with Crippen LogP contribution in [0.5, 0.6) is 0 Å². The van der Waals surface area contributed by atoms with Crippen LogP contribution in [0, 0.1) is 0 Å². The van der Waals surface area contributed by atoms with Crippen molar-refractivity contribution in [3.63, 3.8) is 0 Å². The molecule has 0 aliphatic heterocycles. The van der Waals surface area contributed by atoms with E-state index in [0.717, 1.165) is 18.4 Å². The van der Waals surface area contributed by atoms with Gasteiger partial charge in [0.2, 0.25) is 5.82 Å². The molecular formula is C18H14N5O3S-. The predicted molar refractivity (Wildman–Crippen MR) is 98.7 cm³/mol. The number of allylic oxidation sites excluding steroid dienone is 4. The molecule has 9 heteroatoms. The van der Waals surface area contributed by atoms with Crippen molar-refractivity contribution in [3.05, 3.63) is 54.6 Å². The highest BCUT2D eigenvalue weighted by Crippen LogP contribution is 2.27. The first kappa shape index (κ1) is 17.3. The number of hydrogen-bond donors (Lipinski definition) is 1. The lowest BCUT2D eigenvalue weighted by Gasteiger charge is -2.07. The third kappa shape index (κ3) is 3.55. The average Bonchev–Trinajstić information content (AvgIpc) is 3.19. The number of aromatic nitrogens is 4. The van der Waals surface area contributed by atoms with E-state index in [1.54, 1.807) is 12.1 Å². The Hall–Kier alpha value is -3.17.